The van der Waals surface area contributed by atoms with E-state index in [9.17, 15) is 0 Å². The number of allylic oxidation sites excluding steroid dienone is 19. The maximum absolute atomic E-state index is 6.34. The van der Waals surface area contributed by atoms with E-state index in [1.54, 1.807) is 5.57 Å². The number of rotatable bonds is 10. The van der Waals surface area contributed by atoms with Crippen molar-refractivity contribution in [1.29, 1.82) is 0 Å². The normalized spacial score (nSPS) is 29.6. The molecule has 0 spiro atoms. The summed E-state index contributed by atoms with van der Waals surface area (Å²) >= 11 is 0. The molecule has 0 aromatic heterocycles. The summed E-state index contributed by atoms with van der Waals surface area (Å²) in [6.07, 6.45) is 38.1. The Kier molecular flexibility index (Phi) is 10.9. The Morgan fingerprint density at radius 1 is 0.634 bits per heavy atom. The third-order valence-electron chi connectivity index (χ3n) is 9.49. The molecule has 2 atom stereocenters. The molecule has 0 bridgehead atoms. The van der Waals surface area contributed by atoms with Crippen molar-refractivity contribution in [3.05, 3.63) is 119 Å². The second-order valence-corrected chi connectivity index (χ2v) is 14.1. The van der Waals surface area contributed by atoms with Crippen LogP contribution in [0.3, 0.4) is 0 Å². The fraction of sp³-hybridized carbons (Fsp3) is 0.500. The zero-order valence-electron chi connectivity index (χ0n) is 27.7. The van der Waals surface area contributed by atoms with Crippen LogP contribution >= 0.6 is 0 Å². The Hall–Kier alpha value is -2.64. The van der Waals surface area contributed by atoms with Crippen LogP contribution in [0.2, 0.25) is 0 Å². The second-order valence-electron chi connectivity index (χ2n) is 14.1. The summed E-state index contributed by atoms with van der Waals surface area (Å²) in [6, 6.07) is 0. The third-order valence-corrected chi connectivity index (χ3v) is 9.49. The topological polar surface area (TPSA) is 12.5 Å². The zero-order valence-corrected chi connectivity index (χ0v) is 27.7. The van der Waals surface area contributed by atoms with Crippen LogP contribution in [0.5, 0.6) is 0 Å². The molecule has 1 nitrogen and oxygen atoms in total. The molecule has 0 radical (unpaired) electrons. The highest BCUT2D eigenvalue weighted by atomic mass is 16.6. The number of hydrogen-bond acceptors (Lipinski definition) is 1. The van der Waals surface area contributed by atoms with Crippen LogP contribution in [0.4, 0.5) is 0 Å². The molecule has 0 aromatic carbocycles. The summed E-state index contributed by atoms with van der Waals surface area (Å²) in [7, 11) is 0. The molecule has 1 heteroatoms. The molecule has 0 aromatic rings. The van der Waals surface area contributed by atoms with Gasteiger partial charge in [0.2, 0.25) is 0 Å². The van der Waals surface area contributed by atoms with E-state index in [0.29, 0.717) is 0 Å². The van der Waals surface area contributed by atoms with Gasteiger partial charge in [-0.25, -0.2) is 0 Å². The lowest BCUT2D eigenvalue weighted by molar-refractivity contribution is 0.166. The first-order chi connectivity index (χ1) is 19.2. The Balaban J connectivity index is 1.49. The molecule has 0 amide bonds. The predicted octanol–water partition coefficient (Wildman–Crippen LogP) is 11.8. The lowest BCUT2D eigenvalue weighted by Gasteiger charge is -2.36. The largest absolute Gasteiger partial charge is 0.358 e. The quantitative estimate of drug-likeness (QED) is 0.194. The second kappa shape index (κ2) is 13.6. The van der Waals surface area contributed by atoms with Crippen molar-refractivity contribution >= 4 is 0 Å². The van der Waals surface area contributed by atoms with Crippen molar-refractivity contribution in [2.45, 2.75) is 119 Å². The molecule has 41 heavy (non-hydrogen) atoms. The van der Waals surface area contributed by atoms with Crippen LogP contribution in [0.15, 0.2) is 119 Å². The van der Waals surface area contributed by atoms with E-state index in [1.807, 2.05) is 0 Å². The van der Waals surface area contributed by atoms with Crippen LogP contribution in [-0.4, -0.2) is 11.2 Å². The van der Waals surface area contributed by atoms with E-state index >= 15 is 0 Å². The average Bonchev–Trinajstić information content (AvgIpc) is 3.52. The van der Waals surface area contributed by atoms with E-state index in [0.717, 1.165) is 6.42 Å². The lowest BCUT2D eigenvalue weighted by Crippen LogP contribution is -2.41. The standard InChI is InChI=1S/C40H56O/c1-31(19-13-21-33(3)24-25-36-35(5)23-15-27-37(36,6)7)17-11-12-18-32(2)20-14-22-34(4)26-30-40-38(8,9)28-16-29-39(40,10)41-40/h11-14,17-22,24-26,30H,15-16,23,27-29H2,1-10H3/b12-11+,19-13+,20-14+,25-24+,30-26+,31-17+,32-18+,33-21+,34-22+. The van der Waals surface area contributed by atoms with Gasteiger partial charge in [-0.3, -0.25) is 0 Å². The first kappa shape index (κ1) is 32.9. The number of fused-ring (bicyclic) bond motifs is 1. The minimum atomic E-state index is -0.103. The minimum Gasteiger partial charge on any atom is -0.358 e. The highest BCUT2D eigenvalue weighted by Crippen LogP contribution is 2.66. The van der Waals surface area contributed by atoms with Crippen LogP contribution in [0.25, 0.3) is 0 Å². The summed E-state index contributed by atoms with van der Waals surface area (Å²) < 4.78 is 6.34. The van der Waals surface area contributed by atoms with Gasteiger partial charge in [0.05, 0.1) is 5.60 Å². The van der Waals surface area contributed by atoms with Crippen molar-refractivity contribution in [3.8, 4) is 0 Å². The van der Waals surface area contributed by atoms with Gasteiger partial charge in [-0.2, -0.15) is 0 Å². The molecule has 1 saturated heterocycles. The maximum atomic E-state index is 6.34. The highest BCUT2D eigenvalue weighted by Gasteiger charge is 2.73. The Morgan fingerprint density at radius 2 is 1.17 bits per heavy atom. The fourth-order valence-electron chi connectivity index (χ4n) is 6.72. The van der Waals surface area contributed by atoms with Crippen LogP contribution in [0.1, 0.15) is 108 Å². The molecule has 1 saturated carbocycles. The molecular weight excluding hydrogens is 496 g/mol. The van der Waals surface area contributed by atoms with Gasteiger partial charge in [-0.05, 0) is 97.1 Å². The molecule has 0 N–H and O–H groups in total. The molecule has 222 valence electrons. The summed E-state index contributed by atoms with van der Waals surface area (Å²) in [6.45, 7) is 22.6. The fourth-order valence-corrected chi connectivity index (χ4v) is 6.72. The maximum Gasteiger partial charge on any atom is 0.121 e. The summed E-state index contributed by atoms with van der Waals surface area (Å²) in [5.41, 5.74) is 8.42. The third kappa shape index (κ3) is 8.45. The first-order valence-corrected chi connectivity index (χ1v) is 15.7. The van der Waals surface area contributed by atoms with Gasteiger partial charge in [-0.15, -0.1) is 0 Å². The number of ether oxygens (including phenoxy) is 1. The summed E-state index contributed by atoms with van der Waals surface area (Å²) in [5.74, 6) is 0. The van der Waals surface area contributed by atoms with Gasteiger partial charge in [0, 0.05) is 5.41 Å². The molecule has 2 unspecified atom stereocenters. The summed E-state index contributed by atoms with van der Waals surface area (Å²) in [4.78, 5) is 0. The smallest absolute Gasteiger partial charge is 0.121 e. The van der Waals surface area contributed by atoms with Gasteiger partial charge in [-0.1, -0.05) is 135 Å². The van der Waals surface area contributed by atoms with Crippen molar-refractivity contribution in [1.82, 2.24) is 0 Å². The molecule has 1 aliphatic heterocycles. The zero-order chi connectivity index (χ0) is 30.3. The van der Waals surface area contributed by atoms with Crippen molar-refractivity contribution < 1.29 is 4.74 Å². The molecule has 3 aliphatic rings. The monoisotopic (exact) mass is 552 g/mol. The van der Waals surface area contributed by atoms with Crippen LogP contribution in [-0.2, 0) is 4.74 Å². The Labute approximate surface area is 252 Å². The average molecular weight is 553 g/mol. The van der Waals surface area contributed by atoms with Gasteiger partial charge in [0.1, 0.15) is 5.60 Å². The Morgan fingerprint density at radius 3 is 1.73 bits per heavy atom. The van der Waals surface area contributed by atoms with E-state index in [2.05, 4.69) is 154 Å². The van der Waals surface area contributed by atoms with Crippen molar-refractivity contribution in [3.63, 3.8) is 0 Å². The SMILES string of the molecule is CC1=C(/C=C/C(C)=C/C=C/C(C)=C/C=C/C=C(C)/C=C/C=C(C)/C=C/C23OC2(C)CCCC3(C)C)C(C)(C)CCC1. The summed E-state index contributed by atoms with van der Waals surface area (Å²) in [5, 5.41) is 0. The number of hydrogen-bond donors (Lipinski definition) is 0. The molecule has 2 fully saturated rings. The van der Waals surface area contributed by atoms with Gasteiger partial charge in [0.15, 0.2) is 0 Å². The first-order valence-electron chi connectivity index (χ1n) is 15.7. The predicted molar refractivity (Wildman–Crippen MR) is 181 cm³/mol. The lowest BCUT2D eigenvalue weighted by atomic mass is 9.64. The molecule has 2 aliphatic carbocycles. The molecular formula is C40H56O. The number of epoxide rings is 1. The van der Waals surface area contributed by atoms with Crippen LogP contribution < -0.4 is 0 Å². The minimum absolute atomic E-state index is 0.0197. The van der Waals surface area contributed by atoms with Crippen molar-refractivity contribution in [2.75, 3.05) is 0 Å². The highest BCUT2D eigenvalue weighted by molar-refractivity contribution is 5.38. The van der Waals surface area contributed by atoms with Gasteiger partial charge < -0.3 is 4.74 Å². The van der Waals surface area contributed by atoms with E-state index < -0.39 is 0 Å². The van der Waals surface area contributed by atoms with E-state index in [1.165, 1.54) is 60.0 Å². The van der Waals surface area contributed by atoms with Gasteiger partial charge in [0.25, 0.3) is 0 Å². The molecule has 1 heterocycles. The van der Waals surface area contributed by atoms with Crippen LogP contribution in [0, 0.1) is 10.8 Å². The van der Waals surface area contributed by atoms with E-state index in [4.69, 9.17) is 4.74 Å². The van der Waals surface area contributed by atoms with Crippen molar-refractivity contribution in [2.24, 2.45) is 10.8 Å². The van der Waals surface area contributed by atoms with E-state index in [-0.39, 0.29) is 22.0 Å². The van der Waals surface area contributed by atoms with Gasteiger partial charge >= 0.3 is 0 Å². The Bertz CT molecular complexity index is 1260. The molecule has 3 rings (SSSR count).